The molecule has 2 heterocycles. The first-order chi connectivity index (χ1) is 16.6. The van der Waals surface area contributed by atoms with E-state index >= 15 is 0 Å². The fourth-order valence-corrected chi connectivity index (χ4v) is 3.62. The van der Waals surface area contributed by atoms with E-state index in [2.05, 4.69) is 25.7 Å². The maximum Gasteiger partial charge on any atom is 0.186 e. The van der Waals surface area contributed by atoms with Gasteiger partial charge in [-0.3, -0.25) is 0 Å². The minimum absolute atomic E-state index is 0.0150. The summed E-state index contributed by atoms with van der Waals surface area (Å²) in [6.45, 7) is 16.2. The van der Waals surface area contributed by atoms with Crippen LogP contribution in [0.4, 0.5) is 0 Å². The first-order valence-electron chi connectivity index (χ1n) is 12.3. The molecule has 0 radical (unpaired) electrons. The van der Waals surface area contributed by atoms with Crippen LogP contribution in [-0.2, 0) is 14.2 Å². The lowest BCUT2D eigenvalue weighted by Gasteiger charge is -2.41. The van der Waals surface area contributed by atoms with Crippen LogP contribution in [-0.4, -0.2) is 127 Å². The number of hydrogen-bond acceptors (Lipinski definition) is 12. The van der Waals surface area contributed by atoms with Crippen molar-refractivity contribution in [1.82, 2.24) is 5.32 Å². The molecule has 12 nitrogen and oxygen atoms in total. The molecule has 0 unspecified atom stereocenters. The Morgan fingerprint density at radius 1 is 0.750 bits per heavy atom. The highest BCUT2D eigenvalue weighted by molar-refractivity contribution is 4.93. The SMILES string of the molecule is C=C(C)NC(C)C.CC(C)O[C@@H]1O[C@H](CO)[C@@H](O)[C@H](O)[C@H]1O.CC(C)[C@@H]1O[C@H](CO)[C@@H](O)[C@H](O)[C@H]1O. The molecule has 2 fully saturated rings. The molecule has 0 spiro atoms. The predicted octanol–water partition coefficient (Wildman–Crippen LogP) is -1.79. The third-order valence-corrected chi connectivity index (χ3v) is 5.38. The highest BCUT2D eigenvalue weighted by atomic mass is 16.7. The van der Waals surface area contributed by atoms with Crippen molar-refractivity contribution in [2.24, 2.45) is 5.92 Å². The Labute approximate surface area is 214 Å². The van der Waals surface area contributed by atoms with Crippen molar-refractivity contribution < 1.29 is 55.1 Å². The van der Waals surface area contributed by atoms with Gasteiger partial charge >= 0.3 is 0 Å². The van der Waals surface area contributed by atoms with Gasteiger partial charge < -0.3 is 60.4 Å². The summed E-state index contributed by atoms with van der Waals surface area (Å²) in [5.74, 6) is 0.0150. The van der Waals surface area contributed by atoms with Crippen molar-refractivity contribution in [1.29, 1.82) is 0 Å². The van der Waals surface area contributed by atoms with E-state index in [1.165, 1.54) is 0 Å². The molecule has 36 heavy (non-hydrogen) atoms. The summed E-state index contributed by atoms with van der Waals surface area (Å²) in [6.07, 6.45) is -11.1. The standard InChI is InChI=1S/C9H18O6.C9H18O5.C6H13N/c1-4(2)14-9-8(13)7(12)6(11)5(3-10)15-9;1-4(2)9-8(13)7(12)6(11)5(3-10)14-9;1-5(2)7-6(3)4/h4-13H,3H2,1-2H3;4-13H,3H2,1-2H3;6-7H,1H2,2-4H3/t5-,6-,7+,8-,9-;5-,6-,7+,8-,9+;/m11./s1. The summed E-state index contributed by atoms with van der Waals surface area (Å²) in [6, 6.07) is 0.525. The summed E-state index contributed by atoms with van der Waals surface area (Å²) in [5.41, 5.74) is 1.04. The molecule has 0 aromatic carbocycles. The Hall–Kier alpha value is -0.900. The fourth-order valence-electron chi connectivity index (χ4n) is 3.62. The summed E-state index contributed by atoms with van der Waals surface area (Å²) in [5, 5.41) is 77.7. The molecule has 2 saturated heterocycles. The number of allylic oxidation sites excluding steroid dienone is 1. The van der Waals surface area contributed by atoms with Crippen molar-refractivity contribution in [3.63, 3.8) is 0 Å². The topological polar surface area (TPSA) is 202 Å². The predicted molar refractivity (Wildman–Crippen MR) is 132 cm³/mol. The van der Waals surface area contributed by atoms with Gasteiger partial charge in [-0.15, -0.1) is 0 Å². The second-order valence-electron chi connectivity index (χ2n) is 10.00. The monoisotopic (exact) mass is 527 g/mol. The van der Waals surface area contributed by atoms with Crippen LogP contribution in [0.3, 0.4) is 0 Å². The third-order valence-electron chi connectivity index (χ3n) is 5.38. The van der Waals surface area contributed by atoms with Gasteiger partial charge in [0.05, 0.1) is 25.4 Å². The van der Waals surface area contributed by atoms with Crippen LogP contribution in [0.1, 0.15) is 48.5 Å². The van der Waals surface area contributed by atoms with Gasteiger partial charge in [0.2, 0.25) is 0 Å². The molecule has 0 aromatic heterocycles. The highest BCUT2D eigenvalue weighted by Crippen LogP contribution is 2.25. The maximum absolute atomic E-state index is 9.57. The quantitative estimate of drug-likeness (QED) is 0.180. The zero-order valence-electron chi connectivity index (χ0n) is 22.4. The molecule has 9 N–H and O–H groups in total. The van der Waals surface area contributed by atoms with E-state index in [0.717, 1.165) is 5.70 Å². The van der Waals surface area contributed by atoms with Crippen LogP contribution in [0.2, 0.25) is 0 Å². The molecule has 2 aliphatic rings. The zero-order valence-corrected chi connectivity index (χ0v) is 22.4. The molecule has 0 aliphatic carbocycles. The molecule has 0 saturated carbocycles. The van der Waals surface area contributed by atoms with E-state index in [0.29, 0.717) is 6.04 Å². The molecule has 10 atom stereocenters. The molecule has 2 rings (SSSR count). The number of nitrogens with one attached hydrogen (secondary N) is 1. The van der Waals surface area contributed by atoms with Crippen molar-refractivity contribution in [2.75, 3.05) is 13.2 Å². The lowest BCUT2D eigenvalue weighted by atomic mass is 9.90. The molecule has 0 bridgehead atoms. The second kappa shape index (κ2) is 16.8. The van der Waals surface area contributed by atoms with Crippen LogP contribution in [0.5, 0.6) is 0 Å². The van der Waals surface area contributed by atoms with E-state index in [4.69, 9.17) is 24.4 Å². The molecule has 0 aromatic rings. The number of aliphatic hydroxyl groups is 8. The largest absolute Gasteiger partial charge is 0.394 e. The number of rotatable bonds is 7. The summed E-state index contributed by atoms with van der Waals surface area (Å²) in [4.78, 5) is 0. The minimum atomic E-state index is -1.38. The Morgan fingerprint density at radius 2 is 1.19 bits per heavy atom. The maximum atomic E-state index is 9.57. The number of ether oxygens (including phenoxy) is 3. The van der Waals surface area contributed by atoms with E-state index in [9.17, 15) is 30.6 Å². The lowest BCUT2D eigenvalue weighted by molar-refractivity contribution is -0.308. The van der Waals surface area contributed by atoms with E-state index in [1.807, 2.05) is 20.8 Å². The molecule has 0 amide bonds. The van der Waals surface area contributed by atoms with Gasteiger partial charge in [-0.1, -0.05) is 20.4 Å². The Balaban J connectivity index is 0.000000545. The first-order valence-corrected chi connectivity index (χ1v) is 12.3. The van der Waals surface area contributed by atoms with Gasteiger partial charge in [0.25, 0.3) is 0 Å². The van der Waals surface area contributed by atoms with Crippen molar-refractivity contribution in [3.05, 3.63) is 12.3 Å². The van der Waals surface area contributed by atoms with Crippen LogP contribution in [0.15, 0.2) is 12.3 Å². The highest BCUT2D eigenvalue weighted by Gasteiger charge is 2.45. The molecular formula is C24H49NO11. The Kier molecular flexibility index (Phi) is 16.4. The average Bonchev–Trinajstić information content (AvgIpc) is 2.77. The van der Waals surface area contributed by atoms with E-state index in [-0.39, 0.29) is 18.6 Å². The van der Waals surface area contributed by atoms with Crippen molar-refractivity contribution in [3.8, 4) is 0 Å². The van der Waals surface area contributed by atoms with Crippen LogP contribution < -0.4 is 5.32 Å². The van der Waals surface area contributed by atoms with Crippen molar-refractivity contribution in [2.45, 2.75) is 122 Å². The van der Waals surface area contributed by atoms with E-state index < -0.39 is 67.8 Å². The molecular weight excluding hydrogens is 478 g/mol. The third kappa shape index (κ3) is 11.2. The number of aliphatic hydroxyl groups excluding tert-OH is 8. The Bertz CT molecular complexity index is 603. The van der Waals surface area contributed by atoms with Gasteiger partial charge in [-0.2, -0.15) is 0 Å². The van der Waals surface area contributed by atoms with Crippen LogP contribution >= 0.6 is 0 Å². The second-order valence-corrected chi connectivity index (χ2v) is 10.00. The average molecular weight is 528 g/mol. The van der Waals surface area contributed by atoms with E-state index in [1.54, 1.807) is 13.8 Å². The fraction of sp³-hybridized carbons (Fsp3) is 0.917. The van der Waals surface area contributed by atoms with Gasteiger partial charge in [0.1, 0.15) is 48.8 Å². The van der Waals surface area contributed by atoms with Gasteiger partial charge in [0.15, 0.2) is 6.29 Å². The first kappa shape index (κ1) is 35.1. The molecule has 12 heteroatoms. The zero-order chi connectivity index (χ0) is 28.3. The lowest BCUT2D eigenvalue weighted by Crippen LogP contribution is -2.59. The van der Waals surface area contributed by atoms with Crippen molar-refractivity contribution >= 4 is 0 Å². The number of hydrogen-bond donors (Lipinski definition) is 9. The minimum Gasteiger partial charge on any atom is -0.394 e. The summed E-state index contributed by atoms with van der Waals surface area (Å²) < 4.78 is 15.6. The van der Waals surface area contributed by atoms with Gasteiger partial charge in [0, 0.05) is 11.7 Å². The molecule has 2 aliphatic heterocycles. The summed E-state index contributed by atoms with van der Waals surface area (Å²) in [7, 11) is 0. The Morgan fingerprint density at radius 3 is 1.53 bits per heavy atom. The molecule has 216 valence electrons. The van der Waals surface area contributed by atoms with Gasteiger partial charge in [-0.05, 0) is 40.5 Å². The van der Waals surface area contributed by atoms with Crippen LogP contribution in [0, 0.1) is 5.92 Å². The normalized spacial score (nSPS) is 36.6. The van der Waals surface area contributed by atoms with Crippen LogP contribution in [0.25, 0.3) is 0 Å². The smallest absolute Gasteiger partial charge is 0.186 e. The summed E-state index contributed by atoms with van der Waals surface area (Å²) >= 11 is 0. The van der Waals surface area contributed by atoms with Gasteiger partial charge in [-0.25, -0.2) is 0 Å².